The van der Waals surface area contributed by atoms with Crippen LogP contribution in [-0.4, -0.2) is 16.2 Å². The maximum Gasteiger partial charge on any atom is 0.297 e. The monoisotopic (exact) mass is 300 g/mol. The highest BCUT2D eigenvalue weighted by Crippen LogP contribution is 2.30. The second-order valence-electron chi connectivity index (χ2n) is 4.05. The number of nitrogens with zero attached hydrogens (tertiary/aromatic N) is 2. The molecule has 0 N–H and O–H groups in total. The van der Waals surface area contributed by atoms with E-state index in [1.165, 1.54) is 6.07 Å². The number of imidazole rings is 1. The molecule has 0 atom stereocenters. The second-order valence-corrected chi connectivity index (χ2v) is 4.96. The molecule has 0 saturated heterocycles. The van der Waals surface area contributed by atoms with Crippen LogP contribution in [0.3, 0.4) is 0 Å². The van der Waals surface area contributed by atoms with E-state index in [1.54, 1.807) is 0 Å². The molecule has 0 bridgehead atoms. The molecule has 1 aromatic heterocycles. The Morgan fingerprint density at radius 1 is 1.47 bits per heavy atom. The van der Waals surface area contributed by atoms with Gasteiger partial charge in [-0.1, -0.05) is 15.9 Å². The number of aromatic nitrogens is 2. The maximum atomic E-state index is 13.8. The number of fused-ring (bicyclic) bond motifs is 1. The van der Waals surface area contributed by atoms with E-state index in [0.29, 0.717) is 22.6 Å². The Balaban J connectivity index is 2.75. The van der Waals surface area contributed by atoms with E-state index < -0.39 is 0 Å². The number of hydrogen-bond acceptors (Lipinski definition) is 2. The van der Waals surface area contributed by atoms with Gasteiger partial charge < -0.3 is 4.74 Å². The van der Waals surface area contributed by atoms with Crippen molar-refractivity contribution in [1.82, 2.24) is 9.55 Å². The van der Waals surface area contributed by atoms with Crippen molar-refractivity contribution in [3.63, 3.8) is 0 Å². The Bertz CT molecular complexity index is 551. The van der Waals surface area contributed by atoms with Crippen molar-refractivity contribution in [3.05, 3.63) is 22.4 Å². The second kappa shape index (κ2) is 4.64. The summed E-state index contributed by atoms with van der Waals surface area (Å²) in [4.78, 5) is 4.21. The number of rotatable bonds is 3. The molecule has 3 nitrogen and oxygen atoms in total. The highest BCUT2D eigenvalue weighted by molar-refractivity contribution is 9.10. The van der Waals surface area contributed by atoms with E-state index in [9.17, 15) is 4.39 Å². The lowest BCUT2D eigenvalue weighted by atomic mass is 10.3. The van der Waals surface area contributed by atoms with Crippen molar-refractivity contribution in [2.24, 2.45) is 0 Å². The SMILES string of the molecule is CCOc1nc2c(F)cc(Br)cc2n1C(C)C. The predicted molar refractivity (Wildman–Crippen MR) is 68.9 cm³/mol. The summed E-state index contributed by atoms with van der Waals surface area (Å²) in [5, 5.41) is 0. The summed E-state index contributed by atoms with van der Waals surface area (Å²) in [6.45, 7) is 6.43. The molecule has 17 heavy (non-hydrogen) atoms. The van der Waals surface area contributed by atoms with Crippen LogP contribution < -0.4 is 4.74 Å². The fourth-order valence-electron chi connectivity index (χ4n) is 1.83. The Kier molecular flexibility index (Phi) is 3.38. The van der Waals surface area contributed by atoms with Crippen LogP contribution in [0.2, 0.25) is 0 Å². The van der Waals surface area contributed by atoms with E-state index in [2.05, 4.69) is 20.9 Å². The zero-order valence-corrected chi connectivity index (χ0v) is 11.6. The van der Waals surface area contributed by atoms with Gasteiger partial charge >= 0.3 is 0 Å². The first kappa shape index (κ1) is 12.4. The van der Waals surface area contributed by atoms with E-state index in [-0.39, 0.29) is 11.9 Å². The third kappa shape index (κ3) is 2.16. The molecule has 92 valence electrons. The fourth-order valence-corrected chi connectivity index (χ4v) is 2.25. The minimum atomic E-state index is -0.338. The first-order valence-corrected chi connectivity index (χ1v) is 6.33. The molecular weight excluding hydrogens is 287 g/mol. The molecule has 0 saturated carbocycles. The summed E-state index contributed by atoms with van der Waals surface area (Å²) < 4.78 is 21.8. The van der Waals surface area contributed by atoms with E-state index in [1.807, 2.05) is 31.4 Å². The standard InChI is InChI=1S/C12H14BrFN2O/c1-4-17-12-15-11-9(14)5-8(13)6-10(11)16(12)7(2)3/h5-7H,4H2,1-3H3. The molecule has 2 aromatic rings. The summed E-state index contributed by atoms with van der Waals surface area (Å²) in [6.07, 6.45) is 0. The molecule has 0 aliphatic rings. The summed E-state index contributed by atoms with van der Waals surface area (Å²) in [6, 6.07) is 3.90. The molecule has 0 unspecified atom stereocenters. The topological polar surface area (TPSA) is 27.1 Å². The molecule has 0 aliphatic carbocycles. The van der Waals surface area contributed by atoms with Gasteiger partial charge in [0.2, 0.25) is 0 Å². The average Bonchev–Trinajstić information content (AvgIpc) is 2.57. The van der Waals surface area contributed by atoms with Crippen molar-refractivity contribution < 1.29 is 9.13 Å². The molecule has 1 aromatic carbocycles. The van der Waals surface area contributed by atoms with Crippen LogP contribution >= 0.6 is 15.9 Å². The van der Waals surface area contributed by atoms with E-state index in [0.717, 1.165) is 5.52 Å². The van der Waals surface area contributed by atoms with Gasteiger partial charge in [0.1, 0.15) is 5.52 Å². The lowest BCUT2D eigenvalue weighted by Gasteiger charge is -2.12. The first-order valence-electron chi connectivity index (χ1n) is 5.54. The van der Waals surface area contributed by atoms with E-state index in [4.69, 9.17) is 4.74 Å². The van der Waals surface area contributed by atoms with Crippen LogP contribution in [-0.2, 0) is 0 Å². The average molecular weight is 301 g/mol. The molecule has 0 spiro atoms. The van der Waals surface area contributed by atoms with Crippen molar-refractivity contribution in [2.45, 2.75) is 26.8 Å². The molecule has 5 heteroatoms. The third-order valence-electron chi connectivity index (χ3n) is 2.47. The van der Waals surface area contributed by atoms with Crippen molar-refractivity contribution in [1.29, 1.82) is 0 Å². The Labute approximate surface area is 108 Å². The van der Waals surface area contributed by atoms with Gasteiger partial charge in [-0.2, -0.15) is 4.98 Å². The van der Waals surface area contributed by atoms with Crippen LogP contribution in [0, 0.1) is 5.82 Å². The zero-order chi connectivity index (χ0) is 12.6. The van der Waals surface area contributed by atoms with Gasteiger partial charge in [0.25, 0.3) is 6.01 Å². The van der Waals surface area contributed by atoms with Gasteiger partial charge in [0.05, 0.1) is 12.1 Å². The lowest BCUT2D eigenvalue weighted by Crippen LogP contribution is -2.05. The van der Waals surface area contributed by atoms with Gasteiger partial charge in [0, 0.05) is 10.5 Å². The minimum absolute atomic E-state index is 0.162. The van der Waals surface area contributed by atoms with Gasteiger partial charge in [-0.05, 0) is 32.9 Å². The van der Waals surface area contributed by atoms with Crippen molar-refractivity contribution in [3.8, 4) is 6.01 Å². The lowest BCUT2D eigenvalue weighted by molar-refractivity contribution is 0.292. The largest absolute Gasteiger partial charge is 0.465 e. The number of ether oxygens (including phenoxy) is 1. The smallest absolute Gasteiger partial charge is 0.297 e. The number of benzene rings is 1. The fraction of sp³-hybridized carbons (Fsp3) is 0.417. The minimum Gasteiger partial charge on any atom is -0.465 e. The Hall–Kier alpha value is -1.10. The predicted octanol–water partition coefficient (Wildman–Crippen LogP) is 3.92. The summed E-state index contributed by atoms with van der Waals surface area (Å²) in [5.74, 6) is -0.338. The van der Waals surface area contributed by atoms with Crippen LogP contribution in [0.4, 0.5) is 4.39 Å². The van der Waals surface area contributed by atoms with Crippen LogP contribution in [0.15, 0.2) is 16.6 Å². The van der Waals surface area contributed by atoms with Gasteiger partial charge in [0.15, 0.2) is 5.82 Å². The number of halogens is 2. The Morgan fingerprint density at radius 2 is 2.18 bits per heavy atom. The molecular formula is C12H14BrFN2O. The third-order valence-corrected chi connectivity index (χ3v) is 2.93. The molecule has 0 fully saturated rings. The van der Waals surface area contributed by atoms with E-state index >= 15 is 0 Å². The summed E-state index contributed by atoms with van der Waals surface area (Å²) in [5.41, 5.74) is 1.10. The maximum absolute atomic E-state index is 13.8. The van der Waals surface area contributed by atoms with Crippen LogP contribution in [0.1, 0.15) is 26.8 Å². The quantitative estimate of drug-likeness (QED) is 0.859. The van der Waals surface area contributed by atoms with Gasteiger partial charge in [-0.15, -0.1) is 0 Å². The van der Waals surface area contributed by atoms with Gasteiger partial charge in [-0.3, -0.25) is 4.57 Å². The molecule has 0 radical (unpaired) electrons. The highest BCUT2D eigenvalue weighted by Gasteiger charge is 2.17. The van der Waals surface area contributed by atoms with Crippen LogP contribution in [0.5, 0.6) is 6.01 Å². The normalized spacial score (nSPS) is 11.4. The molecule has 0 aliphatic heterocycles. The first-order chi connectivity index (χ1) is 8.04. The Morgan fingerprint density at radius 3 is 2.76 bits per heavy atom. The molecule has 2 rings (SSSR count). The zero-order valence-electron chi connectivity index (χ0n) is 10.00. The van der Waals surface area contributed by atoms with Gasteiger partial charge in [-0.25, -0.2) is 4.39 Å². The summed E-state index contributed by atoms with van der Waals surface area (Å²) in [7, 11) is 0. The van der Waals surface area contributed by atoms with Crippen molar-refractivity contribution >= 4 is 27.0 Å². The summed E-state index contributed by atoms with van der Waals surface area (Å²) >= 11 is 3.29. The molecule has 1 heterocycles. The molecule has 0 amide bonds. The van der Waals surface area contributed by atoms with Crippen molar-refractivity contribution in [2.75, 3.05) is 6.61 Å². The number of hydrogen-bond donors (Lipinski definition) is 0. The van der Waals surface area contributed by atoms with Crippen LogP contribution in [0.25, 0.3) is 11.0 Å². The highest BCUT2D eigenvalue weighted by atomic mass is 79.9.